The summed E-state index contributed by atoms with van der Waals surface area (Å²) >= 11 is 0. The van der Waals surface area contributed by atoms with Crippen LogP contribution in [0, 0.1) is 0 Å². The van der Waals surface area contributed by atoms with Crippen molar-refractivity contribution < 1.29 is 14.3 Å². The van der Waals surface area contributed by atoms with Gasteiger partial charge in [-0.3, -0.25) is 4.79 Å². The molecule has 0 bridgehead atoms. The lowest BCUT2D eigenvalue weighted by atomic mass is 10.2. The van der Waals surface area contributed by atoms with E-state index in [2.05, 4.69) is 25.4 Å². The van der Waals surface area contributed by atoms with Crippen LogP contribution in [0.25, 0.3) is 5.82 Å². The highest BCUT2D eigenvalue weighted by Gasteiger charge is 2.31. The van der Waals surface area contributed by atoms with Crippen LogP contribution in [0.3, 0.4) is 0 Å². The predicted molar refractivity (Wildman–Crippen MR) is 105 cm³/mol. The number of nitrogens with zero attached hydrogens (tertiary/aromatic N) is 6. The molecule has 0 saturated heterocycles. The maximum absolute atomic E-state index is 12.3. The number of amides is 2. The SMILES string of the molecule is CC(NC(=O)OC(C)(C)C)c1nc(C2CC2)nn1-c1cc(C(=O)N(C)C)ncn1. The summed E-state index contributed by atoms with van der Waals surface area (Å²) in [6, 6.07) is 1.09. The Kier molecular flexibility index (Phi) is 5.54. The van der Waals surface area contributed by atoms with E-state index in [1.54, 1.807) is 52.5 Å². The quantitative estimate of drug-likeness (QED) is 0.817. The lowest BCUT2D eigenvalue weighted by molar-refractivity contribution is 0.0505. The predicted octanol–water partition coefficient (Wildman–Crippen LogP) is 2.22. The summed E-state index contributed by atoms with van der Waals surface area (Å²) in [6.45, 7) is 7.20. The third-order valence-electron chi connectivity index (χ3n) is 4.21. The van der Waals surface area contributed by atoms with Gasteiger partial charge in [0.2, 0.25) is 0 Å². The zero-order valence-corrected chi connectivity index (χ0v) is 17.6. The van der Waals surface area contributed by atoms with Crippen LogP contribution in [-0.4, -0.2) is 61.3 Å². The smallest absolute Gasteiger partial charge is 0.408 e. The molecule has 10 nitrogen and oxygen atoms in total. The number of rotatable bonds is 5. The normalized spacial score (nSPS) is 15.0. The van der Waals surface area contributed by atoms with Crippen LogP contribution in [0.5, 0.6) is 0 Å². The number of carbonyl (C=O) groups excluding carboxylic acids is 2. The van der Waals surface area contributed by atoms with Gasteiger partial charge in [-0.05, 0) is 40.5 Å². The molecule has 3 rings (SSSR count). The van der Waals surface area contributed by atoms with Gasteiger partial charge in [-0.15, -0.1) is 5.10 Å². The van der Waals surface area contributed by atoms with E-state index in [9.17, 15) is 9.59 Å². The van der Waals surface area contributed by atoms with Gasteiger partial charge in [-0.25, -0.2) is 19.7 Å². The third-order valence-corrected chi connectivity index (χ3v) is 4.21. The minimum absolute atomic E-state index is 0.238. The molecule has 1 fully saturated rings. The fraction of sp³-hybridized carbons (Fsp3) is 0.579. The second kappa shape index (κ2) is 7.76. The van der Waals surface area contributed by atoms with E-state index < -0.39 is 17.7 Å². The van der Waals surface area contributed by atoms with E-state index in [1.807, 2.05) is 0 Å². The molecule has 10 heteroatoms. The molecule has 2 aromatic heterocycles. The molecule has 2 aromatic rings. The van der Waals surface area contributed by atoms with Gasteiger partial charge in [-0.1, -0.05) is 0 Å². The lowest BCUT2D eigenvalue weighted by Gasteiger charge is -2.21. The van der Waals surface area contributed by atoms with Crippen LogP contribution in [0.1, 0.15) is 74.6 Å². The number of nitrogens with one attached hydrogen (secondary N) is 1. The van der Waals surface area contributed by atoms with Gasteiger partial charge in [0.1, 0.15) is 17.6 Å². The Hall–Kier alpha value is -3.04. The lowest BCUT2D eigenvalue weighted by Crippen LogP contribution is -2.35. The monoisotopic (exact) mass is 401 g/mol. The van der Waals surface area contributed by atoms with Gasteiger partial charge < -0.3 is 15.0 Å². The Morgan fingerprint density at radius 1 is 1.28 bits per heavy atom. The molecule has 0 spiro atoms. The standard InChI is InChI=1S/C19H27N7O3/c1-11(22-18(28)29-19(2,3)4)16-23-15(12-7-8-12)24-26(16)14-9-13(20-10-21-14)17(27)25(5)6/h9-12H,7-8H2,1-6H3,(H,22,28). The molecular weight excluding hydrogens is 374 g/mol. The Balaban J connectivity index is 1.92. The Morgan fingerprint density at radius 3 is 2.55 bits per heavy atom. The van der Waals surface area contributed by atoms with Crippen molar-refractivity contribution in [3.05, 3.63) is 29.7 Å². The highest BCUT2D eigenvalue weighted by atomic mass is 16.6. The number of hydrogen-bond acceptors (Lipinski definition) is 7. The first-order valence-electron chi connectivity index (χ1n) is 9.55. The highest BCUT2D eigenvalue weighted by Crippen LogP contribution is 2.38. The molecule has 29 heavy (non-hydrogen) atoms. The maximum atomic E-state index is 12.3. The van der Waals surface area contributed by atoms with E-state index >= 15 is 0 Å². The average Bonchev–Trinajstić information content (AvgIpc) is 3.37. The van der Waals surface area contributed by atoms with E-state index in [1.165, 1.54) is 11.2 Å². The number of ether oxygens (including phenoxy) is 1. The topological polar surface area (TPSA) is 115 Å². The van der Waals surface area contributed by atoms with Crippen LogP contribution >= 0.6 is 0 Å². The second-order valence-corrected chi connectivity index (χ2v) is 8.34. The van der Waals surface area contributed by atoms with E-state index in [0.717, 1.165) is 12.8 Å². The number of hydrogen-bond donors (Lipinski definition) is 1. The zero-order chi connectivity index (χ0) is 21.3. The summed E-state index contributed by atoms with van der Waals surface area (Å²) in [5.74, 6) is 1.71. The summed E-state index contributed by atoms with van der Waals surface area (Å²) in [6.07, 6.45) is 2.84. The summed E-state index contributed by atoms with van der Waals surface area (Å²) < 4.78 is 6.90. The molecule has 0 aliphatic heterocycles. The second-order valence-electron chi connectivity index (χ2n) is 8.34. The van der Waals surface area contributed by atoms with Gasteiger partial charge in [-0.2, -0.15) is 4.68 Å². The first-order valence-corrected chi connectivity index (χ1v) is 9.55. The van der Waals surface area contributed by atoms with Crippen molar-refractivity contribution in [2.24, 2.45) is 0 Å². The summed E-state index contributed by atoms with van der Waals surface area (Å²) in [4.78, 5) is 38.8. The Morgan fingerprint density at radius 2 is 1.97 bits per heavy atom. The third kappa shape index (κ3) is 5.07. The summed E-state index contributed by atoms with van der Waals surface area (Å²) in [5.41, 5.74) is -0.354. The van der Waals surface area contributed by atoms with E-state index in [0.29, 0.717) is 23.4 Å². The Labute approximate surface area is 169 Å². The number of aromatic nitrogens is 5. The molecule has 1 saturated carbocycles. The van der Waals surface area contributed by atoms with Crippen molar-refractivity contribution in [1.29, 1.82) is 0 Å². The van der Waals surface area contributed by atoms with Gasteiger partial charge in [0, 0.05) is 26.1 Å². The van der Waals surface area contributed by atoms with Gasteiger partial charge in [0.25, 0.3) is 5.91 Å². The highest BCUT2D eigenvalue weighted by molar-refractivity contribution is 5.92. The van der Waals surface area contributed by atoms with Crippen molar-refractivity contribution in [3.63, 3.8) is 0 Å². The average molecular weight is 401 g/mol. The summed E-state index contributed by atoms with van der Waals surface area (Å²) in [5, 5.41) is 7.38. The molecule has 1 atom stereocenters. The molecule has 1 aliphatic rings. The van der Waals surface area contributed by atoms with E-state index in [4.69, 9.17) is 4.74 Å². The van der Waals surface area contributed by atoms with Crippen LogP contribution in [0.4, 0.5) is 4.79 Å². The molecule has 0 radical (unpaired) electrons. The van der Waals surface area contributed by atoms with Crippen molar-refractivity contribution >= 4 is 12.0 Å². The van der Waals surface area contributed by atoms with Crippen molar-refractivity contribution in [2.45, 2.75) is 58.1 Å². The number of carbonyl (C=O) groups is 2. The van der Waals surface area contributed by atoms with Crippen LogP contribution < -0.4 is 5.32 Å². The molecule has 0 aromatic carbocycles. The van der Waals surface area contributed by atoms with Crippen LogP contribution in [-0.2, 0) is 4.74 Å². The molecule has 1 unspecified atom stereocenters. The maximum Gasteiger partial charge on any atom is 0.408 e. The van der Waals surface area contributed by atoms with Gasteiger partial charge in [0.05, 0.1) is 6.04 Å². The molecular formula is C19H27N7O3. The largest absolute Gasteiger partial charge is 0.444 e. The van der Waals surface area contributed by atoms with Crippen LogP contribution in [0.15, 0.2) is 12.4 Å². The molecule has 1 aliphatic carbocycles. The molecule has 156 valence electrons. The fourth-order valence-electron chi connectivity index (χ4n) is 2.66. The zero-order valence-electron chi connectivity index (χ0n) is 17.6. The molecule has 1 N–H and O–H groups in total. The first kappa shape index (κ1) is 20.7. The minimum Gasteiger partial charge on any atom is -0.444 e. The molecule has 2 heterocycles. The van der Waals surface area contributed by atoms with E-state index in [-0.39, 0.29) is 11.6 Å². The van der Waals surface area contributed by atoms with Crippen LogP contribution in [0.2, 0.25) is 0 Å². The summed E-state index contributed by atoms with van der Waals surface area (Å²) in [7, 11) is 3.31. The number of alkyl carbamates (subject to hydrolysis) is 1. The minimum atomic E-state index is -0.606. The molecule has 2 amide bonds. The first-order chi connectivity index (χ1) is 13.5. The van der Waals surface area contributed by atoms with Crippen molar-refractivity contribution in [1.82, 2.24) is 34.9 Å². The van der Waals surface area contributed by atoms with Gasteiger partial charge in [0.15, 0.2) is 17.5 Å². The van der Waals surface area contributed by atoms with Gasteiger partial charge >= 0.3 is 6.09 Å². The van der Waals surface area contributed by atoms with Crippen molar-refractivity contribution in [2.75, 3.05) is 14.1 Å². The van der Waals surface area contributed by atoms with Crippen molar-refractivity contribution in [3.8, 4) is 5.82 Å². The Bertz CT molecular complexity index is 913. The fourth-order valence-corrected chi connectivity index (χ4v) is 2.66.